The lowest BCUT2D eigenvalue weighted by molar-refractivity contribution is 0.282. The summed E-state index contributed by atoms with van der Waals surface area (Å²) in [6, 6.07) is 1.44. The van der Waals surface area contributed by atoms with E-state index in [9.17, 15) is 4.39 Å². The fraction of sp³-hybridized carbons (Fsp3) is 0.643. The van der Waals surface area contributed by atoms with Crippen LogP contribution >= 0.6 is 15.9 Å². The van der Waals surface area contributed by atoms with Crippen molar-refractivity contribution in [3.05, 3.63) is 22.6 Å². The van der Waals surface area contributed by atoms with Crippen LogP contribution in [0.2, 0.25) is 0 Å². The molecule has 0 saturated heterocycles. The molecule has 1 fully saturated rings. The maximum absolute atomic E-state index is 13.5. The molecule has 0 aliphatic heterocycles. The molecule has 2 rings (SSSR count). The molecule has 0 aromatic carbocycles. The third-order valence-electron chi connectivity index (χ3n) is 3.79. The van der Waals surface area contributed by atoms with Crippen molar-refractivity contribution in [2.45, 2.75) is 39.0 Å². The van der Waals surface area contributed by atoms with Crippen LogP contribution in [-0.4, -0.2) is 11.5 Å². The molecule has 1 aliphatic carbocycles. The van der Waals surface area contributed by atoms with Crippen molar-refractivity contribution in [3.8, 4) is 0 Å². The first-order valence-electron chi connectivity index (χ1n) is 6.70. The maximum Gasteiger partial charge on any atom is 0.166 e. The van der Waals surface area contributed by atoms with Crippen molar-refractivity contribution in [1.82, 2.24) is 4.98 Å². The van der Waals surface area contributed by atoms with Crippen molar-refractivity contribution < 1.29 is 4.39 Å². The third-order valence-corrected chi connectivity index (χ3v) is 4.22. The highest BCUT2D eigenvalue weighted by Gasteiger charge is 2.17. The number of nitrogens with zero attached hydrogens (tertiary/aromatic N) is 1. The van der Waals surface area contributed by atoms with Gasteiger partial charge in [-0.1, -0.05) is 32.6 Å². The molecule has 1 heterocycles. The number of hydrogen-bond acceptors (Lipinski definition) is 2. The van der Waals surface area contributed by atoms with Gasteiger partial charge in [0.2, 0.25) is 0 Å². The Labute approximate surface area is 117 Å². The second kappa shape index (κ2) is 6.50. The molecule has 0 unspecified atom stereocenters. The van der Waals surface area contributed by atoms with Crippen molar-refractivity contribution >= 4 is 21.7 Å². The van der Waals surface area contributed by atoms with Gasteiger partial charge in [-0.2, -0.15) is 0 Å². The van der Waals surface area contributed by atoms with Crippen LogP contribution in [-0.2, 0) is 0 Å². The summed E-state index contributed by atoms with van der Waals surface area (Å²) in [5.74, 6) is 1.76. The van der Waals surface area contributed by atoms with E-state index in [1.165, 1.54) is 31.7 Å². The summed E-state index contributed by atoms with van der Waals surface area (Å²) in [5, 5.41) is 3.09. The van der Waals surface area contributed by atoms with Crippen LogP contribution in [0.25, 0.3) is 0 Å². The zero-order chi connectivity index (χ0) is 13.0. The largest absolute Gasteiger partial charge is 0.368 e. The van der Waals surface area contributed by atoms with Gasteiger partial charge in [0.1, 0.15) is 0 Å². The van der Waals surface area contributed by atoms with E-state index in [1.54, 1.807) is 6.20 Å². The molecular weight excluding hydrogens is 295 g/mol. The van der Waals surface area contributed by atoms with E-state index in [0.29, 0.717) is 10.3 Å². The van der Waals surface area contributed by atoms with Crippen molar-refractivity contribution in [1.29, 1.82) is 0 Å². The standard InChI is InChI=1S/C14H20BrFN2/c1-10-2-4-11(5-3-10)6-7-17-14-13(16)8-12(15)9-18-14/h8-11H,2-7H2,1H3,(H,17,18). The molecule has 4 heteroatoms. The summed E-state index contributed by atoms with van der Waals surface area (Å²) < 4.78 is 14.2. The average Bonchev–Trinajstić information content (AvgIpc) is 2.34. The Balaban J connectivity index is 1.75. The van der Waals surface area contributed by atoms with E-state index in [4.69, 9.17) is 0 Å². The zero-order valence-corrected chi connectivity index (χ0v) is 12.3. The molecule has 0 bridgehead atoms. The number of pyridine rings is 1. The lowest BCUT2D eigenvalue weighted by Crippen LogP contribution is -2.16. The lowest BCUT2D eigenvalue weighted by Gasteiger charge is -2.26. The first kappa shape index (κ1) is 13.8. The molecule has 1 aromatic heterocycles. The summed E-state index contributed by atoms with van der Waals surface area (Å²) in [6.45, 7) is 3.14. The molecule has 100 valence electrons. The van der Waals surface area contributed by atoms with Crippen LogP contribution in [0.15, 0.2) is 16.7 Å². The molecule has 2 nitrogen and oxygen atoms in total. The Morgan fingerprint density at radius 2 is 2.11 bits per heavy atom. The average molecular weight is 315 g/mol. The van der Waals surface area contributed by atoms with E-state index in [-0.39, 0.29) is 5.82 Å². The van der Waals surface area contributed by atoms with Crippen molar-refractivity contribution in [3.63, 3.8) is 0 Å². The normalized spacial score (nSPS) is 23.9. The second-order valence-corrected chi connectivity index (χ2v) is 6.24. The molecule has 0 atom stereocenters. The minimum absolute atomic E-state index is 0.290. The molecule has 1 saturated carbocycles. The van der Waals surface area contributed by atoms with Crippen LogP contribution < -0.4 is 5.32 Å². The predicted molar refractivity (Wildman–Crippen MR) is 76.1 cm³/mol. The summed E-state index contributed by atoms with van der Waals surface area (Å²) in [4.78, 5) is 4.04. The smallest absolute Gasteiger partial charge is 0.166 e. The second-order valence-electron chi connectivity index (χ2n) is 5.33. The van der Waals surface area contributed by atoms with Gasteiger partial charge in [-0.15, -0.1) is 0 Å². The van der Waals surface area contributed by atoms with Gasteiger partial charge in [0.25, 0.3) is 0 Å². The summed E-state index contributed by atoms with van der Waals surface area (Å²) in [7, 11) is 0. The Bertz CT molecular complexity index is 389. The van der Waals surface area contributed by atoms with Crippen LogP contribution in [0.4, 0.5) is 10.2 Å². The number of hydrogen-bond donors (Lipinski definition) is 1. The number of rotatable bonds is 4. The van der Waals surface area contributed by atoms with Gasteiger partial charge in [-0.25, -0.2) is 9.37 Å². The van der Waals surface area contributed by atoms with Crippen LogP contribution in [0.5, 0.6) is 0 Å². The zero-order valence-electron chi connectivity index (χ0n) is 10.8. The fourth-order valence-corrected chi connectivity index (χ4v) is 2.86. The van der Waals surface area contributed by atoms with Gasteiger partial charge in [-0.05, 0) is 40.3 Å². The number of anilines is 1. The molecular formula is C14H20BrFN2. The number of aromatic nitrogens is 1. The van der Waals surface area contributed by atoms with E-state index in [2.05, 4.69) is 33.2 Å². The van der Waals surface area contributed by atoms with Crippen LogP contribution in [0.1, 0.15) is 39.0 Å². The minimum atomic E-state index is -0.290. The van der Waals surface area contributed by atoms with Gasteiger partial charge in [0, 0.05) is 17.2 Å². The van der Waals surface area contributed by atoms with Gasteiger partial charge < -0.3 is 5.32 Å². The molecule has 18 heavy (non-hydrogen) atoms. The van der Waals surface area contributed by atoms with Gasteiger partial charge in [-0.3, -0.25) is 0 Å². The first-order chi connectivity index (χ1) is 8.65. The molecule has 0 radical (unpaired) electrons. The quantitative estimate of drug-likeness (QED) is 0.877. The fourth-order valence-electron chi connectivity index (χ4n) is 2.56. The van der Waals surface area contributed by atoms with Gasteiger partial charge in [0.15, 0.2) is 11.6 Å². The maximum atomic E-state index is 13.5. The summed E-state index contributed by atoms with van der Waals surface area (Å²) >= 11 is 3.20. The monoisotopic (exact) mass is 314 g/mol. The minimum Gasteiger partial charge on any atom is -0.368 e. The highest BCUT2D eigenvalue weighted by atomic mass is 79.9. The molecule has 0 spiro atoms. The van der Waals surface area contributed by atoms with Gasteiger partial charge >= 0.3 is 0 Å². The number of nitrogens with one attached hydrogen (secondary N) is 1. The molecule has 1 N–H and O–H groups in total. The lowest BCUT2D eigenvalue weighted by atomic mass is 9.81. The van der Waals surface area contributed by atoms with Gasteiger partial charge in [0.05, 0.1) is 0 Å². The Morgan fingerprint density at radius 3 is 2.78 bits per heavy atom. The van der Waals surface area contributed by atoms with E-state index in [0.717, 1.165) is 24.8 Å². The molecule has 0 amide bonds. The predicted octanol–water partition coefficient (Wildman–Crippen LogP) is 4.61. The topological polar surface area (TPSA) is 24.9 Å². The van der Waals surface area contributed by atoms with Crippen LogP contribution in [0.3, 0.4) is 0 Å². The first-order valence-corrected chi connectivity index (χ1v) is 7.49. The SMILES string of the molecule is CC1CCC(CCNc2ncc(Br)cc2F)CC1. The van der Waals surface area contributed by atoms with E-state index >= 15 is 0 Å². The highest BCUT2D eigenvalue weighted by molar-refractivity contribution is 9.10. The summed E-state index contributed by atoms with van der Waals surface area (Å²) in [5.41, 5.74) is 0. The highest BCUT2D eigenvalue weighted by Crippen LogP contribution is 2.30. The molecule has 1 aliphatic rings. The van der Waals surface area contributed by atoms with Crippen molar-refractivity contribution in [2.24, 2.45) is 11.8 Å². The third kappa shape index (κ3) is 3.94. The Morgan fingerprint density at radius 1 is 1.39 bits per heavy atom. The van der Waals surface area contributed by atoms with Crippen molar-refractivity contribution in [2.75, 3.05) is 11.9 Å². The Hall–Kier alpha value is -0.640. The summed E-state index contributed by atoms with van der Waals surface area (Å²) in [6.07, 6.45) is 8.06. The van der Waals surface area contributed by atoms with E-state index < -0.39 is 0 Å². The number of halogens is 2. The van der Waals surface area contributed by atoms with E-state index in [1.807, 2.05) is 0 Å². The molecule has 1 aromatic rings. The Kier molecular flexibility index (Phi) is 4.98. The van der Waals surface area contributed by atoms with Crippen LogP contribution in [0, 0.1) is 17.7 Å².